The predicted molar refractivity (Wildman–Crippen MR) is 166 cm³/mol. The number of nitrogens with zero attached hydrogens (tertiary/aromatic N) is 1. The highest BCUT2D eigenvalue weighted by Gasteiger charge is 2.37. The molecule has 226 valence electrons. The molecule has 3 aromatic carbocycles. The van der Waals surface area contributed by atoms with Crippen molar-refractivity contribution in [1.82, 2.24) is 4.31 Å². The topological polar surface area (TPSA) is 116 Å². The van der Waals surface area contributed by atoms with Crippen LogP contribution in [0.2, 0.25) is 0 Å². The number of methoxy groups -OCH3 is 1. The molecule has 0 bridgehead atoms. The zero-order valence-electron chi connectivity index (χ0n) is 24.4. The molecule has 4 rings (SSSR count). The van der Waals surface area contributed by atoms with Crippen LogP contribution in [0.25, 0.3) is 0 Å². The van der Waals surface area contributed by atoms with Crippen LogP contribution in [0.1, 0.15) is 57.4 Å². The molecule has 3 aromatic rings. The lowest BCUT2D eigenvalue weighted by molar-refractivity contribution is -0.120. The van der Waals surface area contributed by atoms with Crippen LogP contribution < -0.4 is 10.1 Å². The fourth-order valence-electron chi connectivity index (χ4n) is 5.39. The standard InChI is InChI=1S/C32H40N2O6S2/c1-4-11-28(32(37)33-27-20-29(35)30(36)31(22(27)2)41-25-14-9-6-10-15-25)34(21-23-12-7-5-8-13-23)42(38,39)26-18-16-24(40-3)17-19-26/h6,9-10,14-20,23,28,35-36H,4-5,7-8,11-13,21H2,1-3H3,(H,33,37). The van der Waals surface area contributed by atoms with Gasteiger partial charge in [-0.2, -0.15) is 4.31 Å². The Hall–Kier alpha value is -3.21. The van der Waals surface area contributed by atoms with E-state index in [2.05, 4.69) is 5.32 Å². The zero-order chi connectivity index (χ0) is 30.3. The first-order chi connectivity index (χ1) is 20.1. The third kappa shape index (κ3) is 7.40. The van der Waals surface area contributed by atoms with Crippen molar-refractivity contribution in [3.8, 4) is 17.2 Å². The second kappa shape index (κ2) is 14.3. The Labute approximate surface area is 253 Å². The largest absolute Gasteiger partial charge is 0.504 e. The molecular formula is C32H40N2O6S2. The van der Waals surface area contributed by atoms with Gasteiger partial charge >= 0.3 is 0 Å². The van der Waals surface area contributed by atoms with Gasteiger partial charge in [-0.1, -0.05) is 62.6 Å². The van der Waals surface area contributed by atoms with Crippen molar-refractivity contribution < 1.29 is 28.2 Å². The van der Waals surface area contributed by atoms with Crippen LogP contribution in [0, 0.1) is 12.8 Å². The van der Waals surface area contributed by atoms with Gasteiger partial charge in [0, 0.05) is 23.2 Å². The Morgan fingerprint density at radius 3 is 2.36 bits per heavy atom. The first-order valence-corrected chi connectivity index (χ1v) is 16.7. The highest BCUT2D eigenvalue weighted by Crippen LogP contribution is 2.45. The maximum Gasteiger partial charge on any atom is 0.243 e. The molecule has 1 aliphatic carbocycles. The fraction of sp³-hybridized carbons (Fsp3) is 0.406. The smallest absolute Gasteiger partial charge is 0.243 e. The van der Waals surface area contributed by atoms with Crippen LogP contribution in [-0.2, 0) is 14.8 Å². The van der Waals surface area contributed by atoms with Crippen molar-refractivity contribution in [3.63, 3.8) is 0 Å². The Morgan fingerprint density at radius 1 is 1.07 bits per heavy atom. The van der Waals surface area contributed by atoms with Crippen LogP contribution in [0.3, 0.4) is 0 Å². The molecular weight excluding hydrogens is 572 g/mol. The molecule has 1 amide bonds. The van der Waals surface area contributed by atoms with Crippen molar-refractivity contribution >= 4 is 33.4 Å². The lowest BCUT2D eigenvalue weighted by Gasteiger charge is -2.34. The van der Waals surface area contributed by atoms with Crippen LogP contribution in [0.4, 0.5) is 5.69 Å². The van der Waals surface area contributed by atoms with Gasteiger partial charge in [0.05, 0.1) is 16.9 Å². The van der Waals surface area contributed by atoms with Gasteiger partial charge < -0.3 is 20.3 Å². The number of anilines is 1. The molecule has 1 saturated carbocycles. The SMILES string of the molecule is CCCC(C(=O)Nc1cc(O)c(O)c(Sc2ccccc2)c1C)N(CC1CCCCC1)S(=O)(=O)c1ccc(OC)cc1. The summed E-state index contributed by atoms with van der Waals surface area (Å²) in [5.74, 6) is -0.417. The number of hydrogen-bond acceptors (Lipinski definition) is 7. The molecule has 0 radical (unpaired) electrons. The number of phenolic OH excluding ortho intramolecular Hbond substituents is 2. The van der Waals surface area contributed by atoms with Crippen LogP contribution in [0.15, 0.2) is 75.4 Å². The Balaban J connectivity index is 1.69. The van der Waals surface area contributed by atoms with E-state index < -0.39 is 22.0 Å². The number of nitrogens with one attached hydrogen (secondary N) is 1. The normalized spacial score (nSPS) is 15.0. The maximum absolute atomic E-state index is 14.1. The van der Waals surface area contributed by atoms with Crippen molar-refractivity contribution in [3.05, 3.63) is 66.2 Å². The molecule has 1 aliphatic rings. The number of carbonyl (C=O) groups excluding carboxylic acids is 1. The number of ether oxygens (including phenoxy) is 1. The average molecular weight is 613 g/mol. The van der Waals surface area contributed by atoms with Gasteiger partial charge in [-0.3, -0.25) is 4.79 Å². The second-order valence-electron chi connectivity index (χ2n) is 10.7. The van der Waals surface area contributed by atoms with Gasteiger partial charge in [-0.05, 0) is 74.1 Å². The van der Waals surface area contributed by atoms with Crippen molar-refractivity contribution in [1.29, 1.82) is 0 Å². The number of hydrogen-bond donors (Lipinski definition) is 3. The van der Waals surface area contributed by atoms with E-state index in [-0.39, 0.29) is 28.9 Å². The van der Waals surface area contributed by atoms with E-state index in [1.807, 2.05) is 37.3 Å². The fourth-order valence-corrected chi connectivity index (χ4v) is 8.07. The van der Waals surface area contributed by atoms with Gasteiger partial charge in [0.2, 0.25) is 15.9 Å². The monoisotopic (exact) mass is 612 g/mol. The highest BCUT2D eigenvalue weighted by atomic mass is 32.2. The Bertz CT molecular complexity index is 1460. The summed E-state index contributed by atoms with van der Waals surface area (Å²) < 4.78 is 34.9. The van der Waals surface area contributed by atoms with Gasteiger partial charge in [-0.15, -0.1) is 0 Å². The molecule has 0 aliphatic heterocycles. The quantitative estimate of drug-likeness (QED) is 0.150. The number of aromatic hydroxyl groups is 2. The summed E-state index contributed by atoms with van der Waals surface area (Å²) in [6.45, 7) is 3.93. The molecule has 8 nitrogen and oxygen atoms in total. The third-order valence-electron chi connectivity index (χ3n) is 7.75. The molecule has 3 N–H and O–H groups in total. The number of carbonyl (C=O) groups is 1. The lowest BCUT2D eigenvalue weighted by Crippen LogP contribution is -2.49. The van der Waals surface area contributed by atoms with Gasteiger partial charge in [0.1, 0.15) is 11.8 Å². The summed E-state index contributed by atoms with van der Waals surface area (Å²) in [6.07, 6.45) is 5.96. The van der Waals surface area contributed by atoms with Crippen molar-refractivity contribution in [2.45, 2.75) is 79.5 Å². The molecule has 42 heavy (non-hydrogen) atoms. The van der Waals surface area contributed by atoms with E-state index in [4.69, 9.17) is 4.74 Å². The molecule has 1 unspecified atom stereocenters. The highest BCUT2D eigenvalue weighted by molar-refractivity contribution is 7.99. The Morgan fingerprint density at radius 2 is 1.74 bits per heavy atom. The van der Waals surface area contributed by atoms with Crippen LogP contribution in [0.5, 0.6) is 17.2 Å². The van der Waals surface area contributed by atoms with Crippen LogP contribution in [-0.4, -0.2) is 48.5 Å². The van der Waals surface area contributed by atoms with Gasteiger partial charge in [-0.25, -0.2) is 8.42 Å². The summed E-state index contributed by atoms with van der Waals surface area (Å²) in [5.41, 5.74) is 0.883. The van der Waals surface area contributed by atoms with Gasteiger partial charge in [0.15, 0.2) is 11.5 Å². The van der Waals surface area contributed by atoms with E-state index >= 15 is 0 Å². The number of rotatable bonds is 12. The van der Waals surface area contributed by atoms with E-state index in [9.17, 15) is 23.4 Å². The lowest BCUT2D eigenvalue weighted by atomic mass is 9.89. The molecule has 0 aromatic heterocycles. The summed E-state index contributed by atoms with van der Waals surface area (Å²) >= 11 is 1.27. The number of phenols is 2. The molecule has 0 saturated heterocycles. The number of sulfonamides is 1. The van der Waals surface area contributed by atoms with Crippen LogP contribution >= 0.6 is 11.8 Å². The molecule has 1 atom stereocenters. The van der Waals surface area contributed by atoms with Gasteiger partial charge in [0.25, 0.3) is 0 Å². The van der Waals surface area contributed by atoms with E-state index in [0.29, 0.717) is 34.7 Å². The first kappa shape index (κ1) is 31.7. The summed E-state index contributed by atoms with van der Waals surface area (Å²) in [5, 5.41) is 24.1. The summed E-state index contributed by atoms with van der Waals surface area (Å²) in [7, 11) is -2.51. The third-order valence-corrected chi connectivity index (χ3v) is 10.8. The maximum atomic E-state index is 14.1. The van der Waals surface area contributed by atoms with E-state index in [1.165, 1.54) is 41.4 Å². The molecule has 10 heteroatoms. The zero-order valence-corrected chi connectivity index (χ0v) is 26.0. The number of benzene rings is 3. The molecule has 1 fully saturated rings. The minimum absolute atomic E-state index is 0.105. The minimum Gasteiger partial charge on any atom is -0.504 e. The van der Waals surface area contributed by atoms with E-state index in [1.54, 1.807) is 19.1 Å². The van der Waals surface area contributed by atoms with Crippen molar-refractivity contribution in [2.24, 2.45) is 5.92 Å². The van der Waals surface area contributed by atoms with Crippen molar-refractivity contribution in [2.75, 3.05) is 19.0 Å². The number of amides is 1. The second-order valence-corrected chi connectivity index (χ2v) is 13.7. The molecule has 0 spiro atoms. The summed E-state index contributed by atoms with van der Waals surface area (Å²) in [6, 6.07) is 16.0. The minimum atomic E-state index is -4.03. The molecule has 0 heterocycles. The first-order valence-electron chi connectivity index (χ1n) is 14.4. The predicted octanol–water partition coefficient (Wildman–Crippen LogP) is 6.94. The Kier molecular flexibility index (Phi) is 10.8. The average Bonchev–Trinajstić information content (AvgIpc) is 3.00. The summed E-state index contributed by atoms with van der Waals surface area (Å²) in [4.78, 5) is 15.4. The van der Waals surface area contributed by atoms with E-state index in [0.717, 1.165) is 37.0 Å².